The molecular weight excluding hydrogens is 254 g/mol. The molecule has 1 aliphatic heterocycles. The van der Waals surface area contributed by atoms with Crippen LogP contribution in [-0.4, -0.2) is 18.4 Å². The molecule has 4 heteroatoms. The Bertz CT molecular complexity index is 522. The second-order valence-corrected chi connectivity index (χ2v) is 5.39. The van der Waals surface area contributed by atoms with Crippen molar-refractivity contribution in [3.8, 4) is 5.75 Å². The van der Waals surface area contributed by atoms with Crippen molar-refractivity contribution in [1.29, 1.82) is 0 Å². The van der Waals surface area contributed by atoms with Gasteiger partial charge in [0.2, 0.25) is 11.8 Å². The molecule has 1 aromatic rings. The van der Waals surface area contributed by atoms with Crippen molar-refractivity contribution in [2.75, 3.05) is 6.61 Å². The summed E-state index contributed by atoms with van der Waals surface area (Å²) in [4.78, 5) is 23.3. The second kappa shape index (κ2) is 6.07. The first-order chi connectivity index (χ1) is 9.52. The molecule has 0 spiro atoms. The number of nitrogens with one attached hydrogen (secondary N) is 1. The lowest BCUT2D eigenvalue weighted by Gasteiger charge is -2.24. The third-order valence-electron chi connectivity index (χ3n) is 3.61. The van der Waals surface area contributed by atoms with Gasteiger partial charge in [0.1, 0.15) is 5.75 Å². The topological polar surface area (TPSA) is 55.4 Å². The fraction of sp³-hybridized carbons (Fsp3) is 0.500. The number of carbonyl (C=O) groups is 2. The molecule has 1 fully saturated rings. The first-order valence-corrected chi connectivity index (χ1v) is 7.13. The highest BCUT2D eigenvalue weighted by Gasteiger charge is 2.30. The number of hydrogen-bond acceptors (Lipinski definition) is 3. The summed E-state index contributed by atoms with van der Waals surface area (Å²) in [6.07, 6.45) is 0.931. The van der Waals surface area contributed by atoms with E-state index >= 15 is 0 Å². The van der Waals surface area contributed by atoms with Crippen LogP contribution < -0.4 is 10.1 Å². The Hall–Kier alpha value is -1.84. The molecule has 0 aromatic heterocycles. The number of ether oxygens (including phenoxy) is 1. The van der Waals surface area contributed by atoms with Gasteiger partial charge in [-0.3, -0.25) is 14.9 Å². The summed E-state index contributed by atoms with van der Waals surface area (Å²) < 4.78 is 5.64. The molecule has 1 aromatic carbocycles. The smallest absolute Gasteiger partial charge is 0.234 e. The minimum Gasteiger partial charge on any atom is -0.494 e. The van der Waals surface area contributed by atoms with Crippen LogP contribution in [0.4, 0.5) is 0 Å². The summed E-state index contributed by atoms with van der Waals surface area (Å²) >= 11 is 0. The van der Waals surface area contributed by atoms with Crippen molar-refractivity contribution < 1.29 is 14.3 Å². The van der Waals surface area contributed by atoms with Crippen LogP contribution in [-0.2, 0) is 9.59 Å². The van der Waals surface area contributed by atoms with Crippen molar-refractivity contribution in [3.63, 3.8) is 0 Å². The summed E-state index contributed by atoms with van der Waals surface area (Å²) in [7, 11) is 0. The Morgan fingerprint density at radius 3 is 2.70 bits per heavy atom. The zero-order chi connectivity index (χ0) is 14.7. The molecule has 2 rings (SSSR count). The molecule has 2 amide bonds. The van der Waals surface area contributed by atoms with Crippen LogP contribution in [0.5, 0.6) is 5.75 Å². The van der Waals surface area contributed by atoms with Crippen molar-refractivity contribution in [1.82, 2.24) is 5.32 Å². The van der Waals surface area contributed by atoms with E-state index in [9.17, 15) is 9.59 Å². The fourth-order valence-corrected chi connectivity index (χ4v) is 2.48. The van der Waals surface area contributed by atoms with E-state index in [4.69, 9.17) is 4.74 Å². The third-order valence-corrected chi connectivity index (χ3v) is 3.61. The van der Waals surface area contributed by atoms with Gasteiger partial charge < -0.3 is 4.74 Å². The predicted molar refractivity (Wildman–Crippen MR) is 76.8 cm³/mol. The normalized spacial score (nSPS) is 19.1. The Kier molecular flexibility index (Phi) is 4.42. The molecule has 0 aliphatic carbocycles. The number of hydrogen-bond donors (Lipinski definition) is 1. The standard InChI is InChI=1S/C16H21NO3/c1-4-20-14-7-5-11(10(2)3)9-13(14)12-6-8-15(18)17-16(12)19/h5,7,9-10,12H,4,6,8H2,1-3H3,(H,17,18,19). The van der Waals surface area contributed by atoms with Gasteiger partial charge in [-0.2, -0.15) is 0 Å². The van der Waals surface area contributed by atoms with Crippen LogP contribution in [0.15, 0.2) is 18.2 Å². The molecule has 20 heavy (non-hydrogen) atoms. The van der Waals surface area contributed by atoms with E-state index in [2.05, 4.69) is 19.2 Å². The number of piperidine rings is 1. The zero-order valence-corrected chi connectivity index (χ0v) is 12.2. The first kappa shape index (κ1) is 14.6. The Morgan fingerprint density at radius 2 is 2.10 bits per heavy atom. The molecule has 0 bridgehead atoms. The summed E-state index contributed by atoms with van der Waals surface area (Å²) in [5.41, 5.74) is 2.07. The van der Waals surface area contributed by atoms with Gasteiger partial charge in [0.05, 0.1) is 12.5 Å². The molecule has 0 radical (unpaired) electrons. The molecule has 1 heterocycles. The quantitative estimate of drug-likeness (QED) is 0.860. The zero-order valence-electron chi connectivity index (χ0n) is 12.2. The van der Waals surface area contributed by atoms with Gasteiger partial charge in [-0.1, -0.05) is 26.0 Å². The maximum Gasteiger partial charge on any atom is 0.234 e. The van der Waals surface area contributed by atoms with E-state index in [1.807, 2.05) is 25.1 Å². The van der Waals surface area contributed by atoms with Gasteiger partial charge in [0.15, 0.2) is 0 Å². The van der Waals surface area contributed by atoms with Crippen molar-refractivity contribution in [2.24, 2.45) is 0 Å². The molecule has 1 saturated heterocycles. The average Bonchev–Trinajstić information content (AvgIpc) is 2.40. The van der Waals surface area contributed by atoms with Crippen LogP contribution in [0.25, 0.3) is 0 Å². The highest BCUT2D eigenvalue weighted by Crippen LogP contribution is 2.34. The number of imide groups is 1. The minimum atomic E-state index is -0.298. The molecule has 4 nitrogen and oxygen atoms in total. The largest absolute Gasteiger partial charge is 0.494 e. The second-order valence-electron chi connectivity index (χ2n) is 5.39. The Balaban J connectivity index is 2.38. The van der Waals surface area contributed by atoms with E-state index in [0.717, 1.165) is 11.3 Å². The van der Waals surface area contributed by atoms with Crippen molar-refractivity contribution >= 4 is 11.8 Å². The molecular formula is C16H21NO3. The van der Waals surface area contributed by atoms with Crippen LogP contribution in [0.2, 0.25) is 0 Å². The SMILES string of the molecule is CCOc1ccc(C(C)C)cc1C1CCC(=O)NC1=O. The molecule has 1 N–H and O–H groups in total. The molecule has 108 valence electrons. The van der Waals surface area contributed by atoms with E-state index in [0.29, 0.717) is 25.4 Å². The molecule has 1 atom stereocenters. The number of rotatable bonds is 4. The van der Waals surface area contributed by atoms with Crippen LogP contribution in [0, 0.1) is 0 Å². The Morgan fingerprint density at radius 1 is 1.35 bits per heavy atom. The van der Waals surface area contributed by atoms with Crippen LogP contribution in [0.3, 0.4) is 0 Å². The van der Waals surface area contributed by atoms with Crippen LogP contribution in [0.1, 0.15) is 56.6 Å². The van der Waals surface area contributed by atoms with Gasteiger partial charge in [0.25, 0.3) is 0 Å². The summed E-state index contributed by atoms with van der Waals surface area (Å²) in [5, 5.41) is 2.41. The van der Waals surface area contributed by atoms with Gasteiger partial charge >= 0.3 is 0 Å². The highest BCUT2D eigenvalue weighted by molar-refractivity contribution is 6.01. The maximum atomic E-state index is 12.1. The molecule has 1 unspecified atom stereocenters. The van der Waals surface area contributed by atoms with Crippen molar-refractivity contribution in [3.05, 3.63) is 29.3 Å². The Labute approximate surface area is 119 Å². The average molecular weight is 275 g/mol. The summed E-state index contributed by atoms with van der Waals surface area (Å²) in [6, 6.07) is 6.00. The number of benzene rings is 1. The molecule has 0 saturated carbocycles. The number of carbonyl (C=O) groups excluding carboxylic acids is 2. The van der Waals surface area contributed by atoms with E-state index in [1.54, 1.807) is 0 Å². The van der Waals surface area contributed by atoms with E-state index in [1.165, 1.54) is 5.56 Å². The van der Waals surface area contributed by atoms with E-state index in [-0.39, 0.29) is 17.7 Å². The van der Waals surface area contributed by atoms with Gasteiger partial charge in [-0.05, 0) is 30.9 Å². The first-order valence-electron chi connectivity index (χ1n) is 7.13. The molecule has 1 aliphatic rings. The number of amides is 2. The predicted octanol–water partition coefficient (Wildman–Crippen LogP) is 2.73. The lowest BCUT2D eigenvalue weighted by Crippen LogP contribution is -2.39. The van der Waals surface area contributed by atoms with E-state index < -0.39 is 0 Å². The van der Waals surface area contributed by atoms with Gasteiger partial charge in [-0.25, -0.2) is 0 Å². The van der Waals surface area contributed by atoms with Crippen LogP contribution >= 0.6 is 0 Å². The van der Waals surface area contributed by atoms with Crippen molar-refractivity contribution in [2.45, 2.75) is 45.4 Å². The minimum absolute atomic E-state index is 0.191. The van der Waals surface area contributed by atoms with Gasteiger partial charge in [0, 0.05) is 12.0 Å². The third kappa shape index (κ3) is 3.00. The maximum absolute atomic E-state index is 12.1. The highest BCUT2D eigenvalue weighted by atomic mass is 16.5. The lowest BCUT2D eigenvalue weighted by molar-refractivity contribution is -0.134. The monoisotopic (exact) mass is 275 g/mol. The summed E-state index contributed by atoms with van der Waals surface area (Å²) in [6.45, 7) is 6.71. The fourth-order valence-electron chi connectivity index (χ4n) is 2.48. The summed E-state index contributed by atoms with van der Waals surface area (Å²) in [5.74, 6) is 0.421. The van der Waals surface area contributed by atoms with Gasteiger partial charge in [-0.15, -0.1) is 0 Å². The lowest BCUT2D eigenvalue weighted by atomic mass is 9.87.